The molecule has 0 saturated carbocycles. The van der Waals surface area contributed by atoms with E-state index >= 15 is 0 Å². The number of carbonyl (C=O) groups is 2. The minimum Gasteiger partial charge on any atom is -0.465 e. The summed E-state index contributed by atoms with van der Waals surface area (Å²) in [5.41, 5.74) is 0. The summed E-state index contributed by atoms with van der Waals surface area (Å²) in [4.78, 5) is 20.8. The number of ether oxygens (including phenoxy) is 1. The number of carbonyl (C=O) groups excluding carboxylic acids is 2. The van der Waals surface area contributed by atoms with Crippen LogP contribution in [0.15, 0.2) is 0 Å². The van der Waals surface area contributed by atoms with E-state index in [-0.39, 0.29) is 13.2 Å². The van der Waals surface area contributed by atoms with E-state index < -0.39 is 17.8 Å². The first-order chi connectivity index (χ1) is 4.79. The Bertz CT molecular complexity index is 154. The lowest BCUT2D eigenvalue weighted by molar-refractivity contribution is -0.142. The van der Waals surface area contributed by atoms with Crippen LogP contribution in [0.2, 0.25) is 0 Å². The second-order valence-corrected chi connectivity index (χ2v) is 2.22. The second-order valence-electron chi connectivity index (χ2n) is 2.22. The van der Waals surface area contributed by atoms with Gasteiger partial charge in [-0.05, 0) is 0 Å². The fourth-order valence-corrected chi connectivity index (χ4v) is 0.920. The van der Waals surface area contributed by atoms with Crippen molar-refractivity contribution in [1.82, 2.24) is 0 Å². The molecule has 0 aromatic rings. The van der Waals surface area contributed by atoms with Crippen LogP contribution >= 0.6 is 0 Å². The molecule has 0 amide bonds. The van der Waals surface area contributed by atoms with Gasteiger partial charge in [0, 0.05) is 0 Å². The summed E-state index contributed by atoms with van der Waals surface area (Å²) in [6, 6.07) is 0. The zero-order valence-corrected chi connectivity index (χ0v) is 5.32. The lowest BCUT2D eigenvalue weighted by atomic mass is 9.98. The number of aliphatic hydroxyl groups excluding tert-OH is 1. The first kappa shape index (κ1) is 7.21. The molecule has 2 unspecified atom stereocenters. The smallest absolute Gasteiger partial charge is 0.312 e. The van der Waals surface area contributed by atoms with E-state index in [9.17, 15) is 9.59 Å². The van der Waals surface area contributed by atoms with Gasteiger partial charge in [0.25, 0.3) is 0 Å². The Labute approximate surface area is 57.8 Å². The summed E-state index contributed by atoms with van der Waals surface area (Å²) < 4.78 is 4.53. The number of aldehydes is 1. The highest BCUT2D eigenvalue weighted by Gasteiger charge is 2.35. The zero-order valence-electron chi connectivity index (χ0n) is 5.32. The van der Waals surface area contributed by atoms with E-state index in [4.69, 9.17) is 5.11 Å². The SMILES string of the molecule is O=CC1COC(=O)C1CO. The first-order valence-electron chi connectivity index (χ1n) is 3.02. The van der Waals surface area contributed by atoms with Gasteiger partial charge in [-0.3, -0.25) is 4.79 Å². The Kier molecular flexibility index (Phi) is 2.01. The maximum Gasteiger partial charge on any atom is 0.312 e. The third-order valence-electron chi connectivity index (χ3n) is 1.61. The topological polar surface area (TPSA) is 63.6 Å². The molecule has 1 saturated heterocycles. The van der Waals surface area contributed by atoms with E-state index in [2.05, 4.69) is 4.74 Å². The Morgan fingerprint density at radius 1 is 1.80 bits per heavy atom. The predicted molar refractivity (Wildman–Crippen MR) is 31.1 cm³/mol. The van der Waals surface area contributed by atoms with Crippen LogP contribution in [0.4, 0.5) is 0 Å². The van der Waals surface area contributed by atoms with Gasteiger partial charge in [0.05, 0.1) is 18.4 Å². The van der Waals surface area contributed by atoms with Crippen LogP contribution in [0.3, 0.4) is 0 Å². The third-order valence-corrected chi connectivity index (χ3v) is 1.61. The van der Waals surface area contributed by atoms with Crippen molar-refractivity contribution >= 4 is 12.3 Å². The molecule has 2 atom stereocenters. The summed E-state index contributed by atoms with van der Waals surface area (Å²) in [6.07, 6.45) is 0.645. The lowest BCUT2D eigenvalue weighted by Gasteiger charge is -2.02. The fourth-order valence-electron chi connectivity index (χ4n) is 0.920. The number of esters is 1. The molecule has 0 spiro atoms. The second kappa shape index (κ2) is 2.79. The number of rotatable bonds is 2. The van der Waals surface area contributed by atoms with E-state index in [0.29, 0.717) is 6.29 Å². The van der Waals surface area contributed by atoms with Gasteiger partial charge >= 0.3 is 5.97 Å². The van der Waals surface area contributed by atoms with Gasteiger partial charge < -0.3 is 14.6 Å². The Morgan fingerprint density at radius 3 is 2.90 bits per heavy atom. The maximum atomic E-state index is 10.6. The van der Waals surface area contributed by atoms with Crippen LogP contribution in [0.1, 0.15) is 0 Å². The standard InChI is InChI=1S/C6H8O4/c7-1-4-3-10-6(9)5(4)2-8/h1,4-5,8H,2-3H2. The molecule has 0 aromatic heterocycles. The minimum absolute atomic E-state index is 0.119. The number of aliphatic hydroxyl groups is 1. The van der Waals surface area contributed by atoms with Crippen LogP contribution in [0.5, 0.6) is 0 Å². The molecule has 1 aliphatic rings. The molecular weight excluding hydrogens is 136 g/mol. The molecule has 56 valence electrons. The summed E-state index contributed by atoms with van der Waals surface area (Å²) in [7, 11) is 0. The third kappa shape index (κ3) is 1.02. The molecule has 1 fully saturated rings. The average molecular weight is 144 g/mol. The fraction of sp³-hybridized carbons (Fsp3) is 0.667. The van der Waals surface area contributed by atoms with Gasteiger partial charge in [-0.1, -0.05) is 0 Å². The minimum atomic E-state index is -0.627. The highest BCUT2D eigenvalue weighted by molar-refractivity contribution is 5.79. The van der Waals surface area contributed by atoms with Gasteiger partial charge in [-0.15, -0.1) is 0 Å². The van der Waals surface area contributed by atoms with E-state index in [1.54, 1.807) is 0 Å². The highest BCUT2D eigenvalue weighted by Crippen LogP contribution is 2.18. The predicted octanol–water partition coefficient (Wildman–Crippen LogP) is -1.03. The molecule has 0 radical (unpaired) electrons. The van der Waals surface area contributed by atoms with Crippen LogP contribution in [0.25, 0.3) is 0 Å². The quantitative estimate of drug-likeness (QED) is 0.397. The van der Waals surface area contributed by atoms with E-state index in [0.717, 1.165) is 0 Å². The number of hydrogen-bond acceptors (Lipinski definition) is 4. The highest BCUT2D eigenvalue weighted by atomic mass is 16.5. The van der Waals surface area contributed by atoms with Crippen LogP contribution in [0, 0.1) is 11.8 Å². The Hall–Kier alpha value is -0.900. The molecular formula is C6H8O4. The Morgan fingerprint density at radius 2 is 2.50 bits per heavy atom. The van der Waals surface area contributed by atoms with Gasteiger partial charge in [0.15, 0.2) is 0 Å². The van der Waals surface area contributed by atoms with Crippen molar-refractivity contribution in [3.8, 4) is 0 Å². The van der Waals surface area contributed by atoms with Crippen molar-refractivity contribution in [1.29, 1.82) is 0 Å². The van der Waals surface area contributed by atoms with Crippen LogP contribution in [-0.2, 0) is 14.3 Å². The maximum absolute atomic E-state index is 10.6. The molecule has 1 rings (SSSR count). The molecule has 0 bridgehead atoms. The summed E-state index contributed by atoms with van der Waals surface area (Å²) >= 11 is 0. The zero-order chi connectivity index (χ0) is 7.56. The molecule has 1 heterocycles. The molecule has 10 heavy (non-hydrogen) atoms. The van der Waals surface area contributed by atoms with Crippen LogP contribution in [-0.4, -0.2) is 30.6 Å². The molecule has 4 nitrogen and oxygen atoms in total. The lowest BCUT2D eigenvalue weighted by Crippen LogP contribution is -2.20. The van der Waals surface area contributed by atoms with Gasteiger partial charge in [-0.25, -0.2) is 0 Å². The molecule has 0 aliphatic carbocycles. The van der Waals surface area contributed by atoms with Gasteiger partial charge in [0.1, 0.15) is 12.9 Å². The molecule has 0 aromatic carbocycles. The summed E-state index contributed by atoms with van der Waals surface area (Å²) in [5, 5.41) is 8.58. The normalized spacial score (nSPS) is 31.9. The summed E-state index contributed by atoms with van der Waals surface area (Å²) in [6.45, 7) is -0.185. The van der Waals surface area contributed by atoms with Crippen molar-refractivity contribution in [2.75, 3.05) is 13.2 Å². The van der Waals surface area contributed by atoms with Gasteiger partial charge in [0.2, 0.25) is 0 Å². The first-order valence-corrected chi connectivity index (χ1v) is 3.02. The molecule has 1 N–H and O–H groups in total. The van der Waals surface area contributed by atoms with Crippen molar-refractivity contribution in [3.05, 3.63) is 0 Å². The number of hydrogen-bond donors (Lipinski definition) is 1. The largest absolute Gasteiger partial charge is 0.465 e. The summed E-state index contributed by atoms with van der Waals surface area (Å²) in [5.74, 6) is -1.55. The van der Waals surface area contributed by atoms with E-state index in [1.807, 2.05) is 0 Å². The van der Waals surface area contributed by atoms with Crippen molar-refractivity contribution in [2.24, 2.45) is 11.8 Å². The Balaban J connectivity index is 2.62. The molecule has 4 heteroatoms. The molecule has 1 aliphatic heterocycles. The monoisotopic (exact) mass is 144 g/mol. The average Bonchev–Trinajstić information content (AvgIpc) is 2.30. The van der Waals surface area contributed by atoms with Crippen molar-refractivity contribution in [2.45, 2.75) is 0 Å². The van der Waals surface area contributed by atoms with Gasteiger partial charge in [-0.2, -0.15) is 0 Å². The van der Waals surface area contributed by atoms with Crippen molar-refractivity contribution in [3.63, 3.8) is 0 Å². The van der Waals surface area contributed by atoms with Crippen molar-refractivity contribution < 1.29 is 19.4 Å². The van der Waals surface area contributed by atoms with Crippen LogP contribution < -0.4 is 0 Å². The van der Waals surface area contributed by atoms with E-state index in [1.165, 1.54) is 0 Å². The number of cyclic esters (lactones) is 1.